The summed E-state index contributed by atoms with van der Waals surface area (Å²) in [6.07, 6.45) is 8.74. The van der Waals surface area contributed by atoms with Crippen LogP contribution in [0, 0.1) is 44.6 Å². The molecule has 1 heterocycles. The number of nitro groups is 1. The molecule has 4 aliphatic rings. The molecule has 7 nitrogen and oxygen atoms in total. The SMILES string of the molecule is CN1C(=O)CC[C@]2(C)[C@H]3CC[C@]4(C)C(CNC(=O)c5cccc([N+](=O)[O-])c5)CC[C@H]4[C@@H]3CC[C@@H]12. The van der Waals surface area contributed by atoms with E-state index in [0.717, 1.165) is 19.3 Å². The van der Waals surface area contributed by atoms with Gasteiger partial charge in [0.25, 0.3) is 11.6 Å². The molecule has 184 valence electrons. The summed E-state index contributed by atoms with van der Waals surface area (Å²) in [4.78, 5) is 37.8. The number of nitrogens with zero attached hydrogens (tertiary/aromatic N) is 2. The number of nitro benzene ring substituents is 1. The van der Waals surface area contributed by atoms with Crippen LogP contribution in [0.3, 0.4) is 0 Å². The fourth-order valence-electron chi connectivity index (χ4n) is 8.67. The van der Waals surface area contributed by atoms with E-state index in [0.29, 0.717) is 54.1 Å². The third-order valence-corrected chi connectivity index (χ3v) is 10.6. The van der Waals surface area contributed by atoms with Crippen molar-refractivity contribution in [2.75, 3.05) is 13.6 Å². The van der Waals surface area contributed by atoms with Crippen LogP contribution in [-0.2, 0) is 4.79 Å². The van der Waals surface area contributed by atoms with Crippen molar-refractivity contribution in [1.29, 1.82) is 0 Å². The molecule has 1 aromatic rings. The minimum absolute atomic E-state index is 0.0574. The third kappa shape index (κ3) is 3.54. The number of fused-ring (bicyclic) bond motifs is 5. The number of rotatable bonds is 4. The Bertz CT molecular complexity index is 1010. The number of nitrogens with one attached hydrogen (secondary N) is 1. The van der Waals surface area contributed by atoms with Gasteiger partial charge in [-0.05, 0) is 85.5 Å². The lowest BCUT2D eigenvalue weighted by Crippen LogP contribution is -2.61. The fraction of sp³-hybridized carbons (Fsp3) is 0.704. The zero-order valence-electron chi connectivity index (χ0n) is 20.6. The maximum absolute atomic E-state index is 12.8. The summed E-state index contributed by atoms with van der Waals surface area (Å²) in [5.74, 6) is 2.57. The summed E-state index contributed by atoms with van der Waals surface area (Å²) in [5, 5.41) is 14.2. The van der Waals surface area contributed by atoms with Gasteiger partial charge in [-0.25, -0.2) is 0 Å². The molecule has 34 heavy (non-hydrogen) atoms. The second-order valence-corrected chi connectivity index (χ2v) is 11.8. The summed E-state index contributed by atoms with van der Waals surface area (Å²) in [5.41, 5.74) is 0.732. The Hall–Kier alpha value is -2.44. The van der Waals surface area contributed by atoms with E-state index in [1.165, 1.54) is 37.8 Å². The number of non-ortho nitro benzene ring substituents is 1. The molecule has 0 radical (unpaired) electrons. The average Bonchev–Trinajstić information content (AvgIpc) is 3.16. The van der Waals surface area contributed by atoms with Gasteiger partial charge in [0.15, 0.2) is 0 Å². The molecule has 7 heteroatoms. The van der Waals surface area contributed by atoms with Gasteiger partial charge in [0, 0.05) is 43.8 Å². The number of piperidine rings is 1. The highest BCUT2D eigenvalue weighted by atomic mass is 16.6. The van der Waals surface area contributed by atoms with Gasteiger partial charge in [0.1, 0.15) is 0 Å². The van der Waals surface area contributed by atoms with E-state index < -0.39 is 4.92 Å². The number of likely N-dealkylation sites (tertiary alicyclic amines) is 1. The molecule has 0 spiro atoms. The van der Waals surface area contributed by atoms with E-state index in [4.69, 9.17) is 0 Å². The number of carbonyl (C=O) groups is 2. The van der Waals surface area contributed by atoms with Gasteiger partial charge < -0.3 is 10.2 Å². The average molecular weight is 468 g/mol. The molecule has 7 atom stereocenters. The van der Waals surface area contributed by atoms with Crippen LogP contribution >= 0.6 is 0 Å². The highest BCUT2D eigenvalue weighted by molar-refractivity contribution is 5.94. The highest BCUT2D eigenvalue weighted by Crippen LogP contribution is 2.66. The van der Waals surface area contributed by atoms with Gasteiger partial charge >= 0.3 is 0 Å². The lowest BCUT2D eigenvalue weighted by molar-refractivity contribution is -0.384. The number of hydrogen-bond donors (Lipinski definition) is 1. The smallest absolute Gasteiger partial charge is 0.270 e. The van der Waals surface area contributed by atoms with E-state index in [9.17, 15) is 19.7 Å². The fourth-order valence-corrected chi connectivity index (χ4v) is 8.67. The van der Waals surface area contributed by atoms with E-state index >= 15 is 0 Å². The Morgan fingerprint density at radius 3 is 2.65 bits per heavy atom. The summed E-state index contributed by atoms with van der Waals surface area (Å²) in [6.45, 7) is 5.52. The summed E-state index contributed by atoms with van der Waals surface area (Å²) >= 11 is 0. The standard InChI is InChI=1S/C27H37N3O4/c1-26-13-11-22-20(8-10-23-27(22,2)14-12-24(31)29(23)3)21(26)9-7-18(26)16-28-25(32)17-5-4-6-19(15-17)30(33)34/h4-6,15,18,20-23H,7-14,16H2,1-3H3,(H,28,32)/t18?,20-,21-,22-,23+,26+,27+/m0/s1. The predicted octanol–water partition coefficient (Wildman–Crippen LogP) is 4.80. The summed E-state index contributed by atoms with van der Waals surface area (Å²) in [6, 6.07) is 6.34. The highest BCUT2D eigenvalue weighted by Gasteiger charge is 2.60. The minimum atomic E-state index is -0.465. The zero-order valence-corrected chi connectivity index (χ0v) is 20.6. The maximum Gasteiger partial charge on any atom is 0.270 e. The van der Waals surface area contributed by atoms with Crippen molar-refractivity contribution >= 4 is 17.5 Å². The topological polar surface area (TPSA) is 92.6 Å². The van der Waals surface area contributed by atoms with E-state index in [2.05, 4.69) is 24.1 Å². The molecule has 1 aromatic carbocycles. The van der Waals surface area contributed by atoms with Crippen molar-refractivity contribution in [3.05, 3.63) is 39.9 Å². The number of benzene rings is 1. The molecule has 3 aliphatic carbocycles. The first-order chi connectivity index (χ1) is 16.1. The first-order valence-corrected chi connectivity index (χ1v) is 12.9. The van der Waals surface area contributed by atoms with E-state index in [1.807, 2.05) is 7.05 Å². The minimum Gasteiger partial charge on any atom is -0.352 e. The van der Waals surface area contributed by atoms with Gasteiger partial charge in [-0.3, -0.25) is 19.7 Å². The molecule has 4 fully saturated rings. The van der Waals surface area contributed by atoms with Gasteiger partial charge in [0.05, 0.1) is 4.92 Å². The van der Waals surface area contributed by atoms with Gasteiger partial charge in [-0.15, -0.1) is 0 Å². The van der Waals surface area contributed by atoms with Crippen LogP contribution in [0.1, 0.15) is 75.6 Å². The van der Waals surface area contributed by atoms with Crippen LogP contribution in [0.15, 0.2) is 24.3 Å². The van der Waals surface area contributed by atoms with Crippen molar-refractivity contribution in [2.24, 2.45) is 34.5 Å². The molecule has 3 saturated carbocycles. The quantitative estimate of drug-likeness (QED) is 0.508. The molecular formula is C27H37N3O4. The lowest BCUT2D eigenvalue weighted by atomic mass is 9.47. The molecule has 5 rings (SSSR count). The second kappa shape index (κ2) is 8.35. The van der Waals surface area contributed by atoms with Crippen LogP contribution in [0.2, 0.25) is 0 Å². The van der Waals surface area contributed by atoms with Crippen LogP contribution in [-0.4, -0.2) is 41.3 Å². The van der Waals surface area contributed by atoms with Crippen molar-refractivity contribution in [2.45, 2.75) is 71.3 Å². The van der Waals surface area contributed by atoms with Gasteiger partial charge in [-0.2, -0.15) is 0 Å². The van der Waals surface area contributed by atoms with Crippen molar-refractivity contribution < 1.29 is 14.5 Å². The molecule has 2 amide bonds. The molecule has 0 aromatic heterocycles. The molecule has 1 unspecified atom stereocenters. The van der Waals surface area contributed by atoms with E-state index in [-0.39, 0.29) is 22.4 Å². The van der Waals surface area contributed by atoms with Crippen molar-refractivity contribution in [3.63, 3.8) is 0 Å². The monoisotopic (exact) mass is 467 g/mol. The summed E-state index contributed by atoms with van der Waals surface area (Å²) in [7, 11) is 2.01. The van der Waals surface area contributed by atoms with Gasteiger partial charge in [0.2, 0.25) is 5.91 Å². The van der Waals surface area contributed by atoms with Crippen LogP contribution in [0.5, 0.6) is 0 Å². The Kier molecular flexibility index (Phi) is 5.72. The molecule has 1 N–H and O–H groups in total. The number of amides is 2. The second-order valence-electron chi connectivity index (χ2n) is 11.8. The Labute approximate surface area is 201 Å². The largest absolute Gasteiger partial charge is 0.352 e. The molecule has 1 aliphatic heterocycles. The Morgan fingerprint density at radius 1 is 1.12 bits per heavy atom. The van der Waals surface area contributed by atoms with Crippen LogP contribution in [0.4, 0.5) is 5.69 Å². The lowest BCUT2D eigenvalue weighted by Gasteiger charge is -2.61. The molecule has 0 bridgehead atoms. The van der Waals surface area contributed by atoms with Crippen LogP contribution < -0.4 is 5.32 Å². The first-order valence-electron chi connectivity index (χ1n) is 12.9. The summed E-state index contributed by atoms with van der Waals surface area (Å²) < 4.78 is 0. The molecular weight excluding hydrogens is 430 g/mol. The Balaban J connectivity index is 1.28. The zero-order chi connectivity index (χ0) is 24.3. The number of carbonyl (C=O) groups excluding carboxylic acids is 2. The van der Waals surface area contributed by atoms with Crippen molar-refractivity contribution in [3.8, 4) is 0 Å². The van der Waals surface area contributed by atoms with Crippen molar-refractivity contribution in [1.82, 2.24) is 10.2 Å². The maximum atomic E-state index is 12.8. The van der Waals surface area contributed by atoms with E-state index in [1.54, 1.807) is 12.1 Å². The first kappa shape index (κ1) is 23.3. The Morgan fingerprint density at radius 2 is 1.88 bits per heavy atom. The van der Waals surface area contributed by atoms with Gasteiger partial charge in [-0.1, -0.05) is 19.9 Å². The van der Waals surface area contributed by atoms with Crippen LogP contribution in [0.25, 0.3) is 0 Å². The predicted molar refractivity (Wildman–Crippen MR) is 129 cm³/mol. The third-order valence-electron chi connectivity index (χ3n) is 10.6. The normalized spacial score (nSPS) is 39.1. The molecule has 1 saturated heterocycles. The number of hydrogen-bond acceptors (Lipinski definition) is 4.